The summed E-state index contributed by atoms with van der Waals surface area (Å²) in [5.74, 6) is 1.56. The molecule has 7 heteroatoms. The lowest BCUT2D eigenvalue weighted by Gasteiger charge is -2.29. The van der Waals surface area contributed by atoms with E-state index in [2.05, 4.69) is 27.9 Å². The molecule has 1 atom stereocenters. The predicted molar refractivity (Wildman–Crippen MR) is 104 cm³/mol. The van der Waals surface area contributed by atoms with Crippen LogP contribution >= 0.6 is 0 Å². The first-order chi connectivity index (χ1) is 12.4. The molecule has 2 fully saturated rings. The predicted octanol–water partition coefficient (Wildman–Crippen LogP) is 2.23. The van der Waals surface area contributed by atoms with Crippen molar-refractivity contribution in [1.82, 2.24) is 20.9 Å². The summed E-state index contributed by atoms with van der Waals surface area (Å²) in [7, 11) is 1.77. The van der Waals surface area contributed by atoms with Crippen LogP contribution in [0.2, 0.25) is 0 Å². The smallest absolute Gasteiger partial charge is 0.325 e. The van der Waals surface area contributed by atoms with Crippen molar-refractivity contribution in [3.8, 4) is 0 Å². The Morgan fingerprint density at radius 2 is 1.96 bits per heavy atom. The molecule has 26 heavy (non-hydrogen) atoms. The fourth-order valence-corrected chi connectivity index (χ4v) is 3.74. The number of hydrogen-bond donors (Lipinski definition) is 3. The van der Waals surface area contributed by atoms with Gasteiger partial charge in [-0.25, -0.2) is 4.79 Å². The molecule has 0 aromatic rings. The number of nitrogens with one attached hydrogen (secondary N) is 3. The van der Waals surface area contributed by atoms with Crippen LogP contribution < -0.4 is 16.0 Å². The Bertz CT molecular complexity index is 528. The van der Waals surface area contributed by atoms with Gasteiger partial charge < -0.3 is 16.0 Å². The molecular formula is C19H35N5O2. The van der Waals surface area contributed by atoms with Gasteiger partial charge in [-0.1, -0.05) is 20.3 Å². The molecule has 7 nitrogen and oxygen atoms in total. The van der Waals surface area contributed by atoms with Gasteiger partial charge >= 0.3 is 6.03 Å². The highest BCUT2D eigenvalue weighted by molar-refractivity contribution is 6.06. The number of urea groups is 1. The van der Waals surface area contributed by atoms with Gasteiger partial charge in [0.05, 0.1) is 0 Å². The first-order valence-corrected chi connectivity index (χ1v) is 10.0. The van der Waals surface area contributed by atoms with Crippen molar-refractivity contribution in [1.29, 1.82) is 0 Å². The molecule has 1 aliphatic carbocycles. The highest BCUT2D eigenvalue weighted by Crippen LogP contribution is 2.26. The van der Waals surface area contributed by atoms with Gasteiger partial charge in [-0.05, 0) is 51.4 Å². The van der Waals surface area contributed by atoms with E-state index in [1.807, 2.05) is 6.92 Å². The van der Waals surface area contributed by atoms with Crippen LogP contribution in [-0.4, -0.2) is 54.5 Å². The zero-order chi connectivity index (χ0) is 19.2. The van der Waals surface area contributed by atoms with E-state index in [-0.39, 0.29) is 11.9 Å². The van der Waals surface area contributed by atoms with Crippen LogP contribution in [0.25, 0.3) is 0 Å². The molecule has 148 valence electrons. The molecular weight excluding hydrogens is 330 g/mol. The average Bonchev–Trinajstić information content (AvgIpc) is 2.87. The van der Waals surface area contributed by atoms with Crippen LogP contribution in [-0.2, 0) is 4.79 Å². The van der Waals surface area contributed by atoms with E-state index in [1.165, 1.54) is 37.0 Å². The molecule has 0 aromatic carbocycles. The Kier molecular flexibility index (Phi) is 7.29. The molecule has 0 aromatic heterocycles. The summed E-state index contributed by atoms with van der Waals surface area (Å²) in [6.45, 7) is 7.06. The summed E-state index contributed by atoms with van der Waals surface area (Å²) in [6.07, 6.45) is 7.53. The van der Waals surface area contributed by atoms with Gasteiger partial charge in [-0.15, -0.1) is 0 Å². The molecule has 1 unspecified atom stereocenters. The highest BCUT2D eigenvalue weighted by atomic mass is 16.2. The van der Waals surface area contributed by atoms with Crippen molar-refractivity contribution in [3.63, 3.8) is 0 Å². The van der Waals surface area contributed by atoms with Crippen LogP contribution in [0.5, 0.6) is 0 Å². The standard InChI is InChI=1S/C19H35N5O2/c1-5-14-8-10-15(11-9-14)22-17(20-4)21-12-7-13-24-16(25)19(3,6-2)23-18(24)26/h14-15H,5-13H2,1-4H3,(H,23,26)(H2,20,21,22). The van der Waals surface area contributed by atoms with Crippen molar-refractivity contribution < 1.29 is 9.59 Å². The van der Waals surface area contributed by atoms with E-state index < -0.39 is 5.54 Å². The summed E-state index contributed by atoms with van der Waals surface area (Å²) < 4.78 is 0. The fourth-order valence-electron chi connectivity index (χ4n) is 3.74. The molecule has 0 radical (unpaired) electrons. The normalized spacial score (nSPS) is 29.7. The van der Waals surface area contributed by atoms with Gasteiger partial charge in [-0.3, -0.25) is 14.7 Å². The van der Waals surface area contributed by atoms with Gasteiger partial charge in [0.1, 0.15) is 5.54 Å². The first-order valence-electron chi connectivity index (χ1n) is 10.0. The number of aliphatic imine (C=N–C) groups is 1. The van der Waals surface area contributed by atoms with Gasteiger partial charge in [0.2, 0.25) is 0 Å². The monoisotopic (exact) mass is 365 g/mol. The second-order valence-electron chi connectivity index (χ2n) is 7.70. The maximum absolute atomic E-state index is 12.4. The van der Waals surface area contributed by atoms with E-state index >= 15 is 0 Å². The van der Waals surface area contributed by atoms with Crippen LogP contribution in [0.1, 0.15) is 65.7 Å². The maximum Gasteiger partial charge on any atom is 0.325 e. The Balaban J connectivity index is 1.70. The van der Waals surface area contributed by atoms with Crippen LogP contribution in [0, 0.1) is 5.92 Å². The molecule has 3 N–H and O–H groups in total. The molecule has 1 saturated carbocycles. The van der Waals surface area contributed by atoms with Gasteiger partial charge in [0.15, 0.2) is 5.96 Å². The number of carbonyl (C=O) groups is 2. The first kappa shape index (κ1) is 20.5. The summed E-state index contributed by atoms with van der Waals surface area (Å²) in [5.41, 5.74) is -0.751. The minimum Gasteiger partial charge on any atom is -0.356 e. The highest BCUT2D eigenvalue weighted by Gasteiger charge is 2.45. The number of hydrogen-bond acceptors (Lipinski definition) is 3. The average molecular weight is 366 g/mol. The molecule has 2 rings (SSSR count). The summed E-state index contributed by atoms with van der Waals surface area (Å²) in [6, 6.07) is 0.203. The summed E-state index contributed by atoms with van der Waals surface area (Å²) in [5, 5.41) is 9.58. The van der Waals surface area contributed by atoms with Crippen molar-refractivity contribution in [2.75, 3.05) is 20.1 Å². The van der Waals surface area contributed by atoms with E-state index in [0.29, 0.717) is 32.0 Å². The number of amides is 3. The van der Waals surface area contributed by atoms with Crippen molar-refractivity contribution >= 4 is 17.9 Å². The minimum atomic E-state index is -0.751. The summed E-state index contributed by atoms with van der Waals surface area (Å²) in [4.78, 5) is 30.0. The van der Waals surface area contributed by atoms with E-state index in [1.54, 1.807) is 14.0 Å². The number of rotatable bonds is 7. The third-order valence-corrected chi connectivity index (χ3v) is 5.89. The molecule has 3 amide bonds. The third kappa shape index (κ3) is 4.89. The molecule has 1 saturated heterocycles. The lowest BCUT2D eigenvalue weighted by molar-refractivity contribution is -0.130. The van der Waals surface area contributed by atoms with Gasteiger partial charge in [-0.2, -0.15) is 0 Å². The van der Waals surface area contributed by atoms with Crippen molar-refractivity contribution in [2.45, 2.75) is 77.3 Å². The Morgan fingerprint density at radius 3 is 2.50 bits per heavy atom. The zero-order valence-corrected chi connectivity index (χ0v) is 16.7. The van der Waals surface area contributed by atoms with Gasteiger partial charge in [0, 0.05) is 26.2 Å². The second kappa shape index (κ2) is 9.24. The largest absolute Gasteiger partial charge is 0.356 e. The minimum absolute atomic E-state index is 0.125. The third-order valence-electron chi connectivity index (χ3n) is 5.89. The number of carbonyl (C=O) groups excluding carboxylic acids is 2. The molecule has 1 heterocycles. The molecule has 0 spiro atoms. The maximum atomic E-state index is 12.4. The van der Waals surface area contributed by atoms with Gasteiger partial charge in [0.25, 0.3) is 5.91 Å². The van der Waals surface area contributed by atoms with Crippen molar-refractivity contribution in [2.24, 2.45) is 10.9 Å². The Morgan fingerprint density at radius 1 is 1.27 bits per heavy atom. The van der Waals surface area contributed by atoms with Crippen LogP contribution in [0.3, 0.4) is 0 Å². The Hall–Kier alpha value is -1.79. The quantitative estimate of drug-likeness (QED) is 0.279. The van der Waals surface area contributed by atoms with Crippen molar-refractivity contribution in [3.05, 3.63) is 0 Å². The number of guanidine groups is 1. The lowest BCUT2D eigenvalue weighted by Crippen LogP contribution is -2.45. The van der Waals surface area contributed by atoms with Crippen LogP contribution in [0.4, 0.5) is 4.79 Å². The number of imide groups is 1. The van der Waals surface area contributed by atoms with E-state index in [9.17, 15) is 9.59 Å². The fraction of sp³-hybridized carbons (Fsp3) is 0.842. The van der Waals surface area contributed by atoms with E-state index in [0.717, 1.165) is 11.9 Å². The summed E-state index contributed by atoms with van der Waals surface area (Å²) >= 11 is 0. The van der Waals surface area contributed by atoms with E-state index in [4.69, 9.17) is 0 Å². The lowest BCUT2D eigenvalue weighted by atomic mass is 9.84. The topological polar surface area (TPSA) is 85.8 Å². The second-order valence-corrected chi connectivity index (χ2v) is 7.70. The SMILES string of the molecule is CCC1CCC(NC(=NC)NCCCN2C(=O)NC(C)(CC)C2=O)CC1. The molecule has 2 aliphatic rings. The number of nitrogens with zero attached hydrogens (tertiary/aromatic N) is 2. The molecule has 1 aliphatic heterocycles. The molecule has 0 bridgehead atoms. The zero-order valence-electron chi connectivity index (χ0n) is 16.7. The Labute approximate surface area is 157 Å². The van der Waals surface area contributed by atoms with Crippen LogP contribution in [0.15, 0.2) is 4.99 Å².